The summed E-state index contributed by atoms with van der Waals surface area (Å²) in [6, 6.07) is 15.4. The van der Waals surface area contributed by atoms with E-state index in [0.717, 1.165) is 42.5 Å². The normalized spacial score (nSPS) is 23.6. The van der Waals surface area contributed by atoms with Crippen LogP contribution in [0.25, 0.3) is 0 Å². The van der Waals surface area contributed by atoms with Crippen molar-refractivity contribution in [3.63, 3.8) is 0 Å². The highest BCUT2D eigenvalue weighted by Gasteiger charge is 2.49. The van der Waals surface area contributed by atoms with E-state index >= 15 is 0 Å². The van der Waals surface area contributed by atoms with Crippen molar-refractivity contribution in [2.45, 2.75) is 52.1 Å². The fourth-order valence-electron chi connectivity index (χ4n) is 4.41. The van der Waals surface area contributed by atoms with Gasteiger partial charge in [0, 0.05) is 11.3 Å². The van der Waals surface area contributed by atoms with Crippen LogP contribution in [-0.4, -0.2) is 34.6 Å². The number of carbonyl (C=O) groups is 2. The zero-order valence-electron chi connectivity index (χ0n) is 17.9. The van der Waals surface area contributed by atoms with Gasteiger partial charge in [0.1, 0.15) is 17.9 Å². The molecule has 2 aromatic rings. The van der Waals surface area contributed by atoms with Crippen LogP contribution in [0.15, 0.2) is 53.5 Å². The van der Waals surface area contributed by atoms with Gasteiger partial charge in [0.25, 0.3) is 5.91 Å². The van der Waals surface area contributed by atoms with Gasteiger partial charge in [-0.2, -0.15) is 0 Å². The lowest BCUT2D eigenvalue weighted by Gasteiger charge is -2.40. The Morgan fingerprint density at radius 3 is 2.47 bits per heavy atom. The van der Waals surface area contributed by atoms with Crippen molar-refractivity contribution < 1.29 is 9.59 Å². The predicted octanol–water partition coefficient (Wildman–Crippen LogP) is 4.48. The van der Waals surface area contributed by atoms with Crippen LogP contribution in [0.4, 0.5) is 5.69 Å². The molecule has 156 valence electrons. The Balaban J connectivity index is 1.58. The highest BCUT2D eigenvalue weighted by molar-refractivity contribution is 6.47. The number of amides is 2. The molecule has 5 nitrogen and oxygen atoms in total. The summed E-state index contributed by atoms with van der Waals surface area (Å²) in [6.45, 7) is 6.31. The van der Waals surface area contributed by atoms with Gasteiger partial charge in [-0.15, -0.1) is 0 Å². The molecule has 1 saturated carbocycles. The molecule has 1 N–H and O–H groups in total. The minimum absolute atomic E-state index is 0.0139. The fourth-order valence-corrected chi connectivity index (χ4v) is 4.41. The minimum Gasteiger partial charge on any atom is -0.325 e. The lowest BCUT2D eigenvalue weighted by atomic mass is 9.82. The highest BCUT2D eigenvalue weighted by Crippen LogP contribution is 2.41. The number of hydrogen-bond acceptors (Lipinski definition) is 3. The maximum absolute atomic E-state index is 13.4. The molecule has 5 heteroatoms. The van der Waals surface area contributed by atoms with Crippen LogP contribution in [0.3, 0.4) is 0 Å². The lowest BCUT2D eigenvalue weighted by Crippen LogP contribution is -2.51. The van der Waals surface area contributed by atoms with Crippen molar-refractivity contribution in [1.82, 2.24) is 4.90 Å². The Bertz CT molecular complexity index is 989. The molecule has 1 heterocycles. The molecule has 1 aliphatic heterocycles. The second-order valence-corrected chi connectivity index (χ2v) is 8.73. The number of hydrogen-bond donors (Lipinski definition) is 1. The van der Waals surface area contributed by atoms with Crippen molar-refractivity contribution in [3.8, 4) is 0 Å². The van der Waals surface area contributed by atoms with Crippen LogP contribution in [-0.2, 0) is 9.59 Å². The van der Waals surface area contributed by atoms with Crippen molar-refractivity contribution in [3.05, 3.63) is 65.2 Å². The summed E-state index contributed by atoms with van der Waals surface area (Å²) in [5.41, 5.74) is 3.75. The van der Waals surface area contributed by atoms with E-state index in [9.17, 15) is 9.59 Å². The summed E-state index contributed by atoms with van der Waals surface area (Å²) in [5.74, 6) is 0.285. The average Bonchev–Trinajstić information content (AvgIpc) is 3.00. The van der Waals surface area contributed by atoms with Gasteiger partial charge in [-0.05, 0) is 68.7 Å². The Labute approximate surface area is 178 Å². The Morgan fingerprint density at radius 1 is 1.10 bits per heavy atom. The van der Waals surface area contributed by atoms with Gasteiger partial charge in [0.15, 0.2) is 0 Å². The second-order valence-electron chi connectivity index (χ2n) is 8.73. The number of aryl methyl sites for hydroxylation is 2. The number of carbonyl (C=O) groups excluding carboxylic acids is 2. The second kappa shape index (κ2) is 8.05. The molecule has 1 fully saturated rings. The van der Waals surface area contributed by atoms with Crippen molar-refractivity contribution in [1.29, 1.82) is 0 Å². The number of nitrogens with zero attached hydrogens (tertiary/aromatic N) is 2. The maximum Gasteiger partial charge on any atom is 0.275 e. The van der Waals surface area contributed by atoms with Gasteiger partial charge in [-0.25, -0.2) is 0 Å². The number of nitrogens with one attached hydrogen (secondary N) is 1. The molecular weight excluding hydrogens is 374 g/mol. The van der Waals surface area contributed by atoms with E-state index in [4.69, 9.17) is 4.99 Å². The van der Waals surface area contributed by atoms with E-state index in [1.807, 2.05) is 62.4 Å². The van der Waals surface area contributed by atoms with Crippen molar-refractivity contribution >= 4 is 23.2 Å². The Hall–Kier alpha value is -2.95. The summed E-state index contributed by atoms with van der Waals surface area (Å²) < 4.78 is 0. The summed E-state index contributed by atoms with van der Waals surface area (Å²) >= 11 is 0. The molecule has 0 bridgehead atoms. The lowest BCUT2D eigenvalue weighted by molar-refractivity contribution is -0.134. The minimum atomic E-state index is -0.602. The fraction of sp³-hybridized carbons (Fsp3) is 0.400. The first-order chi connectivity index (χ1) is 14.4. The maximum atomic E-state index is 13.4. The molecule has 0 unspecified atom stereocenters. The standard InChI is InChI=1S/C25H29N3O2/c1-17-11-13-25(14-12-17)27-23(20-7-5-4-6-8-20)24(30)28(25)16-22(29)26-21-10-9-18(2)19(3)15-21/h4-10,15,17H,11-14,16H2,1-3H3,(H,26,29). The molecule has 1 aliphatic carbocycles. The molecule has 0 atom stereocenters. The van der Waals surface area contributed by atoms with E-state index in [1.165, 1.54) is 5.56 Å². The third-order valence-corrected chi connectivity index (χ3v) is 6.48. The van der Waals surface area contributed by atoms with E-state index in [2.05, 4.69) is 12.2 Å². The predicted molar refractivity (Wildman–Crippen MR) is 120 cm³/mol. The van der Waals surface area contributed by atoms with Gasteiger partial charge in [0.05, 0.1) is 0 Å². The van der Waals surface area contributed by atoms with E-state index in [0.29, 0.717) is 11.6 Å². The van der Waals surface area contributed by atoms with Gasteiger partial charge in [-0.1, -0.05) is 43.3 Å². The summed E-state index contributed by atoms with van der Waals surface area (Å²) in [6.07, 6.45) is 3.61. The van der Waals surface area contributed by atoms with Crippen LogP contribution in [0.2, 0.25) is 0 Å². The summed E-state index contributed by atoms with van der Waals surface area (Å²) in [5, 5.41) is 2.96. The van der Waals surface area contributed by atoms with Crippen LogP contribution >= 0.6 is 0 Å². The number of anilines is 1. The molecule has 30 heavy (non-hydrogen) atoms. The topological polar surface area (TPSA) is 61.8 Å². The monoisotopic (exact) mass is 403 g/mol. The van der Waals surface area contributed by atoms with E-state index in [1.54, 1.807) is 4.90 Å². The van der Waals surface area contributed by atoms with E-state index in [-0.39, 0.29) is 18.4 Å². The van der Waals surface area contributed by atoms with Gasteiger partial charge >= 0.3 is 0 Å². The number of rotatable bonds is 4. The molecule has 0 saturated heterocycles. The largest absolute Gasteiger partial charge is 0.325 e. The Kier molecular flexibility index (Phi) is 5.46. The van der Waals surface area contributed by atoms with Crippen LogP contribution < -0.4 is 5.32 Å². The molecule has 2 aromatic carbocycles. The first-order valence-corrected chi connectivity index (χ1v) is 10.7. The van der Waals surface area contributed by atoms with Crippen LogP contribution in [0.5, 0.6) is 0 Å². The van der Waals surface area contributed by atoms with Crippen molar-refractivity contribution in [2.75, 3.05) is 11.9 Å². The molecule has 0 aromatic heterocycles. The zero-order chi connectivity index (χ0) is 21.3. The molecule has 0 radical (unpaired) electrons. The number of aliphatic imine (C=N–C) groups is 1. The zero-order valence-corrected chi connectivity index (χ0v) is 17.9. The smallest absolute Gasteiger partial charge is 0.275 e. The quantitative estimate of drug-likeness (QED) is 0.818. The first kappa shape index (κ1) is 20.3. The average molecular weight is 404 g/mol. The third-order valence-electron chi connectivity index (χ3n) is 6.48. The Morgan fingerprint density at radius 2 is 1.80 bits per heavy atom. The van der Waals surface area contributed by atoms with Crippen LogP contribution in [0.1, 0.15) is 49.3 Å². The molecule has 2 amide bonds. The number of benzene rings is 2. The third kappa shape index (κ3) is 3.89. The summed E-state index contributed by atoms with van der Waals surface area (Å²) in [7, 11) is 0. The van der Waals surface area contributed by atoms with Gasteiger partial charge < -0.3 is 10.2 Å². The highest BCUT2D eigenvalue weighted by atomic mass is 16.2. The summed E-state index contributed by atoms with van der Waals surface area (Å²) in [4.78, 5) is 32.9. The SMILES string of the molecule is Cc1ccc(NC(=O)CN2C(=O)C(c3ccccc3)=NC23CCC(C)CC3)cc1C. The van der Waals surface area contributed by atoms with E-state index < -0.39 is 5.66 Å². The van der Waals surface area contributed by atoms with Gasteiger partial charge in [0.2, 0.25) is 5.91 Å². The first-order valence-electron chi connectivity index (χ1n) is 10.7. The molecular formula is C25H29N3O2. The van der Waals surface area contributed by atoms with Crippen molar-refractivity contribution in [2.24, 2.45) is 10.9 Å². The van der Waals surface area contributed by atoms with Gasteiger partial charge in [-0.3, -0.25) is 14.6 Å². The molecule has 1 spiro atoms. The molecule has 2 aliphatic rings. The molecule has 4 rings (SSSR count). The van der Waals surface area contributed by atoms with Crippen LogP contribution in [0, 0.1) is 19.8 Å².